The zero-order valence-corrected chi connectivity index (χ0v) is 16.5. The molecule has 3 aromatic rings. The van der Waals surface area contributed by atoms with Gasteiger partial charge in [0.2, 0.25) is 0 Å². The van der Waals surface area contributed by atoms with Gasteiger partial charge in [0.1, 0.15) is 0 Å². The number of aryl methyl sites for hydroxylation is 3. The maximum atomic E-state index is 12.8. The number of hydrogen-bond acceptors (Lipinski definition) is 5. The number of aromatic nitrogens is 2. The molecule has 3 rings (SSSR count). The van der Waals surface area contributed by atoms with Gasteiger partial charge in [-0.25, -0.2) is 9.97 Å². The number of benzene rings is 1. The molecule has 2 heterocycles. The Labute approximate surface area is 156 Å². The number of carbonyl (C=O) groups is 1. The average molecular weight is 372 g/mol. The molecule has 1 aromatic carbocycles. The van der Waals surface area contributed by atoms with Crippen molar-refractivity contribution in [2.75, 3.05) is 13.6 Å². The molecule has 25 heavy (non-hydrogen) atoms. The summed E-state index contributed by atoms with van der Waals surface area (Å²) in [5, 5.41) is 1.04. The first-order valence-electron chi connectivity index (χ1n) is 8.14. The summed E-state index contributed by atoms with van der Waals surface area (Å²) in [6.07, 6.45) is 0.839. The van der Waals surface area contributed by atoms with Crippen LogP contribution < -0.4 is 0 Å². The SMILES string of the molecule is Cc1nc(C)c(-c2cccc(C(=O)N(C)CCc3scnc3C)c2)s1. The van der Waals surface area contributed by atoms with Gasteiger partial charge in [-0.3, -0.25) is 4.79 Å². The highest BCUT2D eigenvalue weighted by molar-refractivity contribution is 7.15. The molecule has 0 saturated carbocycles. The van der Waals surface area contributed by atoms with Gasteiger partial charge in [-0.15, -0.1) is 22.7 Å². The highest BCUT2D eigenvalue weighted by Crippen LogP contribution is 2.30. The van der Waals surface area contributed by atoms with Crippen LogP contribution in [0.5, 0.6) is 0 Å². The predicted octanol–water partition coefficient (Wildman–Crippen LogP) is 4.51. The summed E-state index contributed by atoms with van der Waals surface area (Å²) in [5.74, 6) is 0.0444. The largest absolute Gasteiger partial charge is 0.341 e. The third kappa shape index (κ3) is 3.96. The monoisotopic (exact) mass is 371 g/mol. The Morgan fingerprint density at radius 2 is 2.00 bits per heavy atom. The number of thiazole rings is 2. The smallest absolute Gasteiger partial charge is 0.253 e. The van der Waals surface area contributed by atoms with Crippen LogP contribution in [0.2, 0.25) is 0 Å². The minimum absolute atomic E-state index is 0.0444. The summed E-state index contributed by atoms with van der Waals surface area (Å²) >= 11 is 3.31. The first-order valence-corrected chi connectivity index (χ1v) is 9.84. The number of hydrogen-bond donors (Lipinski definition) is 0. The van der Waals surface area contributed by atoms with Crippen molar-refractivity contribution in [2.45, 2.75) is 27.2 Å². The number of nitrogens with zero attached hydrogens (tertiary/aromatic N) is 3. The summed E-state index contributed by atoms with van der Waals surface area (Å²) in [7, 11) is 1.85. The molecule has 4 nitrogen and oxygen atoms in total. The van der Waals surface area contributed by atoms with Gasteiger partial charge >= 0.3 is 0 Å². The van der Waals surface area contributed by atoms with E-state index in [1.165, 1.54) is 4.88 Å². The van der Waals surface area contributed by atoms with Crippen LogP contribution in [0.1, 0.15) is 31.6 Å². The summed E-state index contributed by atoms with van der Waals surface area (Å²) in [5.41, 5.74) is 5.70. The van der Waals surface area contributed by atoms with E-state index in [4.69, 9.17) is 0 Å². The second kappa shape index (κ2) is 7.45. The Morgan fingerprint density at radius 3 is 2.64 bits per heavy atom. The highest BCUT2D eigenvalue weighted by Gasteiger charge is 2.15. The zero-order chi connectivity index (χ0) is 18.0. The van der Waals surface area contributed by atoms with Crippen molar-refractivity contribution in [2.24, 2.45) is 0 Å². The summed E-state index contributed by atoms with van der Waals surface area (Å²) < 4.78 is 0. The van der Waals surface area contributed by atoms with Crippen LogP contribution >= 0.6 is 22.7 Å². The van der Waals surface area contributed by atoms with E-state index in [2.05, 4.69) is 9.97 Å². The fraction of sp³-hybridized carbons (Fsp3) is 0.316. The van der Waals surface area contributed by atoms with Crippen LogP contribution in [0.3, 0.4) is 0 Å². The quantitative estimate of drug-likeness (QED) is 0.663. The molecule has 2 aromatic heterocycles. The van der Waals surface area contributed by atoms with Gasteiger partial charge in [0.25, 0.3) is 5.91 Å². The number of carbonyl (C=O) groups excluding carboxylic acids is 1. The molecular formula is C19H21N3OS2. The van der Waals surface area contributed by atoms with Crippen LogP contribution in [0.15, 0.2) is 29.8 Å². The van der Waals surface area contributed by atoms with E-state index >= 15 is 0 Å². The molecule has 1 amide bonds. The molecule has 130 valence electrons. The maximum Gasteiger partial charge on any atom is 0.253 e. The molecule has 0 atom stereocenters. The summed E-state index contributed by atoms with van der Waals surface area (Å²) in [4.78, 5) is 25.7. The minimum atomic E-state index is 0.0444. The molecule has 0 aliphatic carbocycles. The van der Waals surface area contributed by atoms with E-state index in [0.717, 1.165) is 33.3 Å². The molecular weight excluding hydrogens is 350 g/mol. The molecule has 0 fully saturated rings. The number of rotatable bonds is 5. The second-order valence-electron chi connectivity index (χ2n) is 6.07. The van der Waals surface area contributed by atoms with Crippen molar-refractivity contribution in [1.29, 1.82) is 0 Å². The Morgan fingerprint density at radius 1 is 1.20 bits per heavy atom. The fourth-order valence-electron chi connectivity index (χ4n) is 2.75. The van der Waals surface area contributed by atoms with Crippen LogP contribution in [-0.2, 0) is 6.42 Å². The lowest BCUT2D eigenvalue weighted by atomic mass is 10.1. The van der Waals surface area contributed by atoms with Gasteiger partial charge < -0.3 is 4.90 Å². The van der Waals surface area contributed by atoms with Crippen molar-refractivity contribution in [3.8, 4) is 10.4 Å². The second-order valence-corrected chi connectivity index (χ2v) is 8.21. The average Bonchev–Trinajstić information content (AvgIpc) is 3.16. The Balaban J connectivity index is 1.74. The van der Waals surface area contributed by atoms with Crippen molar-refractivity contribution >= 4 is 28.6 Å². The van der Waals surface area contributed by atoms with Crippen molar-refractivity contribution in [1.82, 2.24) is 14.9 Å². The minimum Gasteiger partial charge on any atom is -0.341 e. The van der Waals surface area contributed by atoms with Crippen LogP contribution in [0.25, 0.3) is 10.4 Å². The molecule has 6 heteroatoms. The van der Waals surface area contributed by atoms with E-state index in [0.29, 0.717) is 12.1 Å². The van der Waals surface area contributed by atoms with E-state index in [-0.39, 0.29) is 5.91 Å². The van der Waals surface area contributed by atoms with E-state index in [9.17, 15) is 4.79 Å². The third-order valence-electron chi connectivity index (χ3n) is 4.14. The Kier molecular flexibility index (Phi) is 5.30. The maximum absolute atomic E-state index is 12.8. The highest BCUT2D eigenvalue weighted by atomic mass is 32.1. The van der Waals surface area contributed by atoms with E-state index in [1.54, 1.807) is 27.6 Å². The van der Waals surface area contributed by atoms with Crippen LogP contribution in [0, 0.1) is 20.8 Å². The molecule has 0 N–H and O–H groups in total. The lowest BCUT2D eigenvalue weighted by Gasteiger charge is -2.17. The fourth-order valence-corrected chi connectivity index (χ4v) is 4.44. The van der Waals surface area contributed by atoms with Gasteiger partial charge in [0, 0.05) is 30.5 Å². The first-order chi connectivity index (χ1) is 12.0. The molecule has 0 unspecified atom stereocenters. The zero-order valence-electron chi connectivity index (χ0n) is 14.9. The van der Waals surface area contributed by atoms with Gasteiger partial charge in [0.15, 0.2) is 0 Å². The first kappa shape index (κ1) is 17.8. The van der Waals surface area contributed by atoms with E-state index < -0.39 is 0 Å². The molecule has 0 saturated heterocycles. The topological polar surface area (TPSA) is 46.1 Å². The molecule has 0 aliphatic rings. The predicted molar refractivity (Wildman–Crippen MR) is 105 cm³/mol. The normalized spacial score (nSPS) is 10.9. The molecule has 0 aliphatic heterocycles. The lowest BCUT2D eigenvalue weighted by molar-refractivity contribution is 0.0797. The van der Waals surface area contributed by atoms with Crippen molar-refractivity contribution in [3.05, 3.63) is 56.6 Å². The molecule has 0 radical (unpaired) electrons. The summed E-state index contributed by atoms with van der Waals surface area (Å²) in [6.45, 7) is 6.71. The van der Waals surface area contributed by atoms with Crippen LogP contribution in [-0.4, -0.2) is 34.4 Å². The van der Waals surface area contributed by atoms with Crippen molar-refractivity contribution in [3.63, 3.8) is 0 Å². The Bertz CT molecular complexity index is 898. The summed E-state index contributed by atoms with van der Waals surface area (Å²) in [6, 6.07) is 7.83. The van der Waals surface area contributed by atoms with Gasteiger partial charge in [0.05, 0.1) is 26.8 Å². The van der Waals surface area contributed by atoms with Gasteiger partial charge in [-0.05, 0) is 38.5 Å². The molecule has 0 bridgehead atoms. The van der Waals surface area contributed by atoms with Crippen molar-refractivity contribution < 1.29 is 4.79 Å². The van der Waals surface area contributed by atoms with Gasteiger partial charge in [-0.2, -0.15) is 0 Å². The number of likely N-dealkylation sites (N-methyl/N-ethyl adjacent to an activating group) is 1. The van der Waals surface area contributed by atoms with Crippen LogP contribution in [0.4, 0.5) is 0 Å². The van der Waals surface area contributed by atoms with Gasteiger partial charge in [-0.1, -0.05) is 12.1 Å². The van der Waals surface area contributed by atoms with E-state index in [1.807, 2.05) is 57.6 Å². The molecule has 0 spiro atoms. The standard InChI is InChI=1S/C19H21N3OS2/c1-12-17(24-11-20-12)8-9-22(4)19(23)16-7-5-6-15(10-16)18-13(2)21-14(3)25-18/h5-7,10-11H,8-9H2,1-4H3. The lowest BCUT2D eigenvalue weighted by Crippen LogP contribution is -2.28. The Hall–Kier alpha value is -2.05. The number of amides is 1. The third-order valence-corrected chi connectivity index (χ3v) is 6.26.